The fraction of sp³-hybridized carbons (Fsp3) is 0.667. The van der Waals surface area contributed by atoms with Gasteiger partial charge < -0.3 is 15.5 Å². The first kappa shape index (κ1) is 36.7. The van der Waals surface area contributed by atoms with Crippen LogP contribution in [-0.4, -0.2) is 22.7 Å². The van der Waals surface area contributed by atoms with Gasteiger partial charge in [-0.25, -0.2) is 0 Å². The molecule has 0 saturated heterocycles. The van der Waals surface area contributed by atoms with Crippen molar-refractivity contribution in [2.45, 2.75) is 157 Å². The van der Waals surface area contributed by atoms with Gasteiger partial charge in [0.2, 0.25) is 5.91 Å². The van der Waals surface area contributed by atoms with Gasteiger partial charge in [-0.3, -0.25) is 4.79 Å². The van der Waals surface area contributed by atoms with Gasteiger partial charge in [-0.15, -0.1) is 0 Å². The van der Waals surface area contributed by atoms with E-state index >= 15 is 0 Å². The average Bonchev–Trinajstić information content (AvgIpc) is 2.84. The maximum atomic E-state index is 13.0. The van der Waals surface area contributed by atoms with E-state index in [0.717, 1.165) is 67.3 Å². The Balaban J connectivity index is 2.41. The van der Waals surface area contributed by atoms with Gasteiger partial charge in [0, 0.05) is 13.0 Å². The Bertz CT molecular complexity index is 1070. The summed E-state index contributed by atoms with van der Waals surface area (Å²) in [4.78, 5) is 13.0. The highest BCUT2D eigenvalue weighted by molar-refractivity contribution is 5.76. The fourth-order valence-electron chi connectivity index (χ4n) is 5.79. The highest BCUT2D eigenvalue weighted by atomic mass is 16.3. The van der Waals surface area contributed by atoms with Crippen LogP contribution in [0.3, 0.4) is 0 Å². The van der Waals surface area contributed by atoms with Gasteiger partial charge in [0.15, 0.2) is 0 Å². The van der Waals surface area contributed by atoms with E-state index in [2.05, 4.69) is 120 Å². The van der Waals surface area contributed by atoms with Gasteiger partial charge in [0.05, 0.1) is 0 Å². The van der Waals surface area contributed by atoms with E-state index in [4.69, 9.17) is 0 Å². The van der Waals surface area contributed by atoms with Crippen molar-refractivity contribution in [3.63, 3.8) is 0 Å². The van der Waals surface area contributed by atoms with Crippen LogP contribution in [0.1, 0.15) is 155 Å². The summed E-state index contributed by atoms with van der Waals surface area (Å²) in [6, 6.07) is 8.70. The molecule has 43 heavy (non-hydrogen) atoms. The second-order valence-corrected chi connectivity index (χ2v) is 16.9. The molecule has 2 aromatic rings. The van der Waals surface area contributed by atoms with Crippen molar-refractivity contribution in [2.24, 2.45) is 5.92 Å². The Morgan fingerprint density at radius 2 is 0.977 bits per heavy atom. The Hall–Kier alpha value is -2.49. The predicted molar refractivity (Wildman–Crippen MR) is 184 cm³/mol. The molecule has 4 heteroatoms. The number of hydrogen-bond acceptors (Lipinski definition) is 3. The Morgan fingerprint density at radius 3 is 1.26 bits per heavy atom. The molecule has 242 valence electrons. The molecule has 0 aliphatic rings. The summed E-state index contributed by atoms with van der Waals surface area (Å²) >= 11 is 0. The monoisotopic (exact) mass is 593 g/mol. The molecule has 0 spiro atoms. The molecule has 1 amide bonds. The Labute approximate surface area is 264 Å². The second-order valence-electron chi connectivity index (χ2n) is 16.9. The van der Waals surface area contributed by atoms with Crippen molar-refractivity contribution < 1.29 is 15.0 Å². The van der Waals surface area contributed by atoms with E-state index in [9.17, 15) is 15.0 Å². The van der Waals surface area contributed by atoms with E-state index in [0.29, 0.717) is 17.9 Å². The van der Waals surface area contributed by atoms with Gasteiger partial charge in [-0.05, 0) is 93.1 Å². The number of nitrogens with one attached hydrogen (secondary N) is 1. The van der Waals surface area contributed by atoms with Crippen molar-refractivity contribution in [3.05, 3.63) is 57.6 Å². The average molecular weight is 594 g/mol. The number of aromatic hydroxyl groups is 2. The van der Waals surface area contributed by atoms with Gasteiger partial charge in [-0.1, -0.05) is 121 Å². The third-order valence-corrected chi connectivity index (χ3v) is 8.58. The highest BCUT2D eigenvalue weighted by Crippen LogP contribution is 2.42. The molecule has 0 fully saturated rings. The number of rotatable bonds is 11. The van der Waals surface area contributed by atoms with Gasteiger partial charge in [0.1, 0.15) is 11.5 Å². The third kappa shape index (κ3) is 10.6. The molecule has 0 unspecified atom stereocenters. The zero-order valence-corrected chi connectivity index (χ0v) is 29.8. The van der Waals surface area contributed by atoms with E-state index in [1.54, 1.807) is 0 Å². The lowest BCUT2D eigenvalue weighted by atomic mass is 9.77. The van der Waals surface area contributed by atoms with Crippen LogP contribution >= 0.6 is 0 Å². The summed E-state index contributed by atoms with van der Waals surface area (Å²) in [6.07, 6.45) is 6.07. The van der Waals surface area contributed by atoms with Crippen LogP contribution in [0.25, 0.3) is 0 Å². The topological polar surface area (TPSA) is 69.6 Å². The lowest BCUT2D eigenvalue weighted by molar-refractivity contribution is -0.122. The second kappa shape index (κ2) is 14.1. The number of phenols is 2. The molecule has 0 atom stereocenters. The van der Waals surface area contributed by atoms with Gasteiger partial charge in [-0.2, -0.15) is 0 Å². The van der Waals surface area contributed by atoms with Gasteiger partial charge >= 0.3 is 0 Å². The minimum absolute atomic E-state index is 0.131. The number of benzene rings is 2. The largest absolute Gasteiger partial charge is 0.507 e. The molecular formula is C39H63NO3. The third-order valence-electron chi connectivity index (χ3n) is 8.58. The minimum Gasteiger partial charge on any atom is -0.507 e. The van der Waals surface area contributed by atoms with Crippen LogP contribution < -0.4 is 5.32 Å². The maximum absolute atomic E-state index is 13.0. The van der Waals surface area contributed by atoms with E-state index < -0.39 is 0 Å². The molecule has 0 aliphatic heterocycles. The maximum Gasteiger partial charge on any atom is 0.220 e. The van der Waals surface area contributed by atoms with Crippen molar-refractivity contribution in [3.8, 4) is 11.5 Å². The first-order valence-electron chi connectivity index (χ1n) is 16.6. The van der Waals surface area contributed by atoms with Crippen LogP contribution in [0, 0.1) is 5.92 Å². The van der Waals surface area contributed by atoms with E-state index in [-0.39, 0.29) is 33.5 Å². The number of carbonyl (C=O) groups excluding carboxylic acids is 1. The molecule has 2 rings (SSSR count). The number of carbonyl (C=O) groups is 1. The fourth-order valence-corrected chi connectivity index (χ4v) is 5.79. The lowest BCUT2D eigenvalue weighted by Crippen LogP contribution is -2.27. The predicted octanol–water partition coefficient (Wildman–Crippen LogP) is 9.78. The van der Waals surface area contributed by atoms with Crippen molar-refractivity contribution in [2.75, 3.05) is 6.54 Å². The molecular weight excluding hydrogens is 530 g/mol. The molecule has 2 aromatic carbocycles. The normalized spacial score (nSPS) is 13.1. The van der Waals surface area contributed by atoms with E-state index in [1.807, 2.05) is 0 Å². The zero-order chi connectivity index (χ0) is 33.0. The van der Waals surface area contributed by atoms with Crippen molar-refractivity contribution >= 4 is 5.91 Å². The molecule has 4 nitrogen and oxygen atoms in total. The highest BCUT2D eigenvalue weighted by Gasteiger charge is 2.28. The number of amides is 1. The molecule has 0 radical (unpaired) electrons. The summed E-state index contributed by atoms with van der Waals surface area (Å²) in [6.45, 7) is 28.7. The standard InChI is InChI=1S/C39H63NO3/c1-14-15-20-40-33(41)25-26(16-18-27-21-29(36(2,3)4)34(42)30(22-27)37(5,6)7)17-19-28-23-31(38(8,9)10)35(43)32(24-28)39(11,12)13/h21-24,26,42-43H,14-20,25H2,1-13H3,(H,40,41). The van der Waals surface area contributed by atoms with E-state index in [1.165, 1.54) is 11.1 Å². The minimum atomic E-state index is -0.174. The van der Waals surface area contributed by atoms with Crippen molar-refractivity contribution in [1.29, 1.82) is 0 Å². The van der Waals surface area contributed by atoms with Crippen LogP contribution in [0.5, 0.6) is 11.5 Å². The summed E-state index contributed by atoms with van der Waals surface area (Å²) in [5.41, 5.74) is 5.68. The molecule has 0 heterocycles. The van der Waals surface area contributed by atoms with Crippen LogP contribution in [0.2, 0.25) is 0 Å². The smallest absolute Gasteiger partial charge is 0.220 e. The van der Waals surface area contributed by atoms with Crippen LogP contribution in [-0.2, 0) is 39.3 Å². The lowest BCUT2D eigenvalue weighted by Gasteiger charge is -2.29. The summed E-state index contributed by atoms with van der Waals surface area (Å²) in [5, 5.41) is 25.5. The summed E-state index contributed by atoms with van der Waals surface area (Å²) in [7, 11) is 0. The zero-order valence-electron chi connectivity index (χ0n) is 29.8. The first-order valence-corrected chi connectivity index (χ1v) is 16.6. The van der Waals surface area contributed by atoms with Crippen molar-refractivity contribution in [1.82, 2.24) is 5.32 Å². The Kier molecular flexibility index (Phi) is 12.0. The number of unbranched alkanes of at least 4 members (excludes halogenated alkanes) is 1. The molecule has 0 aliphatic carbocycles. The number of aryl methyl sites for hydroxylation is 2. The number of hydrogen-bond donors (Lipinski definition) is 3. The Morgan fingerprint density at radius 1 is 0.651 bits per heavy atom. The SMILES string of the molecule is CCCCNC(=O)CC(CCc1cc(C(C)(C)C)c(O)c(C(C)(C)C)c1)CCc1cc(C(C)(C)C)c(O)c(C(C)(C)C)c1. The quantitative estimate of drug-likeness (QED) is 0.227. The van der Waals surface area contributed by atoms with Crippen LogP contribution in [0.15, 0.2) is 24.3 Å². The molecule has 0 aromatic heterocycles. The first-order chi connectivity index (χ1) is 19.6. The molecule has 0 bridgehead atoms. The van der Waals surface area contributed by atoms with Crippen LogP contribution in [0.4, 0.5) is 0 Å². The summed E-state index contributed by atoms with van der Waals surface area (Å²) < 4.78 is 0. The van der Waals surface area contributed by atoms with Gasteiger partial charge in [0.25, 0.3) is 0 Å². The molecule has 0 saturated carbocycles. The number of phenolic OH excluding ortho intramolecular Hbond substituents is 2. The summed E-state index contributed by atoms with van der Waals surface area (Å²) in [5.74, 6) is 1.17. The molecule has 3 N–H and O–H groups in total.